The van der Waals surface area contributed by atoms with Crippen LogP contribution in [0.15, 0.2) is 85.1 Å². The monoisotopic (exact) mass is 439 g/mol. The van der Waals surface area contributed by atoms with E-state index in [2.05, 4.69) is 15.6 Å². The van der Waals surface area contributed by atoms with Crippen molar-refractivity contribution in [3.63, 3.8) is 0 Å². The molecule has 1 aromatic heterocycles. The van der Waals surface area contributed by atoms with Gasteiger partial charge in [-0.05, 0) is 47.5 Å². The van der Waals surface area contributed by atoms with Crippen molar-refractivity contribution in [2.24, 2.45) is 0 Å². The van der Waals surface area contributed by atoms with Crippen molar-refractivity contribution in [2.75, 3.05) is 19.5 Å². The summed E-state index contributed by atoms with van der Waals surface area (Å²) in [6.45, 7) is 0.530. The van der Waals surface area contributed by atoms with Crippen LogP contribution in [0.5, 0.6) is 11.5 Å². The minimum atomic E-state index is 0.122. The van der Waals surface area contributed by atoms with E-state index in [0.29, 0.717) is 12.5 Å². The molecule has 4 rings (SSSR count). The third-order valence-corrected chi connectivity index (χ3v) is 5.10. The van der Waals surface area contributed by atoms with Gasteiger partial charge in [0.25, 0.3) is 0 Å². The molecule has 7 heteroatoms. The van der Waals surface area contributed by atoms with Crippen molar-refractivity contribution in [1.82, 2.24) is 15.3 Å². The van der Waals surface area contributed by atoms with Crippen molar-refractivity contribution < 1.29 is 9.47 Å². The zero-order valence-electron chi connectivity index (χ0n) is 18.5. The summed E-state index contributed by atoms with van der Waals surface area (Å²) < 4.78 is 10.6. The number of guanidine groups is 1. The van der Waals surface area contributed by atoms with Crippen LogP contribution in [0.25, 0.3) is 22.4 Å². The summed E-state index contributed by atoms with van der Waals surface area (Å²) in [5, 5.41) is 14.2. The van der Waals surface area contributed by atoms with E-state index in [1.807, 2.05) is 78.9 Å². The molecule has 3 N–H and O–H groups in total. The molecule has 0 fully saturated rings. The maximum Gasteiger partial charge on any atom is 0.230 e. The Morgan fingerprint density at radius 1 is 0.818 bits per heavy atom. The van der Waals surface area contributed by atoms with E-state index in [9.17, 15) is 0 Å². The topological polar surface area (TPSA) is 92.2 Å². The molecule has 0 saturated heterocycles. The van der Waals surface area contributed by atoms with Crippen molar-refractivity contribution >= 4 is 11.9 Å². The van der Waals surface area contributed by atoms with Crippen LogP contribution in [0.4, 0.5) is 5.95 Å². The second-order valence-electron chi connectivity index (χ2n) is 7.25. The highest BCUT2D eigenvalue weighted by Crippen LogP contribution is 2.32. The number of aromatic nitrogens is 2. The third-order valence-electron chi connectivity index (χ3n) is 5.10. The zero-order valence-corrected chi connectivity index (χ0v) is 18.5. The number of methoxy groups -OCH3 is 2. The Hall–Kier alpha value is -4.39. The first-order valence-electron chi connectivity index (χ1n) is 10.5. The van der Waals surface area contributed by atoms with Crippen LogP contribution in [-0.2, 0) is 6.54 Å². The molecule has 33 heavy (non-hydrogen) atoms. The highest BCUT2D eigenvalue weighted by Gasteiger charge is 2.13. The molecule has 4 aromatic rings. The second-order valence-corrected chi connectivity index (χ2v) is 7.25. The van der Waals surface area contributed by atoms with E-state index in [1.165, 1.54) is 0 Å². The lowest BCUT2D eigenvalue weighted by atomic mass is 10.0. The average molecular weight is 440 g/mol. The molecule has 0 aliphatic carbocycles. The molecule has 0 unspecified atom stereocenters. The number of hydrogen-bond acceptors (Lipinski definition) is 5. The molecule has 0 atom stereocenters. The molecule has 0 radical (unpaired) electrons. The van der Waals surface area contributed by atoms with Gasteiger partial charge in [-0.25, -0.2) is 9.97 Å². The van der Waals surface area contributed by atoms with Gasteiger partial charge in [-0.2, -0.15) is 0 Å². The van der Waals surface area contributed by atoms with Crippen molar-refractivity contribution in [3.8, 4) is 33.9 Å². The maximum absolute atomic E-state index is 8.23. The predicted molar refractivity (Wildman–Crippen MR) is 131 cm³/mol. The Morgan fingerprint density at radius 3 is 2.03 bits per heavy atom. The van der Waals surface area contributed by atoms with Gasteiger partial charge in [0.2, 0.25) is 5.95 Å². The predicted octanol–water partition coefficient (Wildman–Crippen LogP) is 4.96. The molecule has 0 amide bonds. The lowest BCUT2D eigenvalue weighted by Crippen LogP contribution is -2.29. The first-order chi connectivity index (χ1) is 16.2. The smallest absolute Gasteiger partial charge is 0.230 e. The summed E-state index contributed by atoms with van der Waals surface area (Å²) >= 11 is 0. The van der Waals surface area contributed by atoms with Crippen LogP contribution >= 0.6 is 0 Å². The molecule has 0 aliphatic heterocycles. The fraction of sp³-hybridized carbons (Fsp3) is 0.115. The molecule has 0 saturated carbocycles. The Labute approximate surface area is 193 Å². The van der Waals surface area contributed by atoms with E-state index in [1.54, 1.807) is 20.4 Å². The van der Waals surface area contributed by atoms with E-state index in [-0.39, 0.29) is 5.96 Å². The summed E-state index contributed by atoms with van der Waals surface area (Å²) in [5.74, 6) is 2.01. The minimum absolute atomic E-state index is 0.122. The van der Waals surface area contributed by atoms with Gasteiger partial charge in [-0.1, -0.05) is 42.5 Å². The molecule has 1 heterocycles. The summed E-state index contributed by atoms with van der Waals surface area (Å²) in [6.07, 6.45) is 1.77. The minimum Gasteiger partial charge on any atom is -0.497 e. The summed E-state index contributed by atoms with van der Waals surface area (Å²) in [7, 11) is 3.28. The highest BCUT2D eigenvalue weighted by molar-refractivity contribution is 5.90. The van der Waals surface area contributed by atoms with E-state index < -0.39 is 0 Å². The SMILES string of the molecule is COc1ccc(-c2cnc(NC(=N)NCc3ccccc3)nc2-c2ccc(OC)cc2)cc1. The number of nitrogens with one attached hydrogen (secondary N) is 3. The van der Waals surface area contributed by atoms with Gasteiger partial charge < -0.3 is 14.8 Å². The number of hydrogen-bond donors (Lipinski definition) is 3. The van der Waals surface area contributed by atoms with Gasteiger partial charge in [0.05, 0.1) is 19.9 Å². The number of nitrogens with zero attached hydrogens (tertiary/aromatic N) is 2. The van der Waals surface area contributed by atoms with Crippen molar-refractivity contribution in [1.29, 1.82) is 5.41 Å². The lowest BCUT2D eigenvalue weighted by Gasteiger charge is -2.14. The van der Waals surface area contributed by atoms with Crippen LogP contribution in [0.3, 0.4) is 0 Å². The van der Waals surface area contributed by atoms with Crippen molar-refractivity contribution in [3.05, 3.63) is 90.6 Å². The number of rotatable bonds is 7. The Balaban J connectivity index is 1.61. The molecule has 166 valence electrons. The van der Waals surface area contributed by atoms with Gasteiger partial charge in [-0.15, -0.1) is 0 Å². The van der Waals surface area contributed by atoms with Gasteiger partial charge in [-0.3, -0.25) is 10.7 Å². The van der Waals surface area contributed by atoms with Gasteiger partial charge in [0.1, 0.15) is 11.5 Å². The number of anilines is 1. The molecule has 0 bridgehead atoms. The maximum atomic E-state index is 8.23. The van der Waals surface area contributed by atoms with Crippen LogP contribution in [0, 0.1) is 5.41 Å². The zero-order chi connectivity index (χ0) is 23.0. The molecule has 0 aliphatic rings. The lowest BCUT2D eigenvalue weighted by molar-refractivity contribution is 0.414. The van der Waals surface area contributed by atoms with Crippen LogP contribution < -0.4 is 20.1 Å². The average Bonchev–Trinajstić information content (AvgIpc) is 2.88. The van der Waals surface area contributed by atoms with E-state index >= 15 is 0 Å². The summed E-state index contributed by atoms with van der Waals surface area (Å²) in [6, 6.07) is 25.4. The number of ether oxygens (including phenoxy) is 2. The van der Waals surface area contributed by atoms with Gasteiger partial charge in [0, 0.05) is 23.9 Å². The molecular weight excluding hydrogens is 414 g/mol. The fourth-order valence-corrected chi connectivity index (χ4v) is 3.34. The van der Waals surface area contributed by atoms with E-state index in [0.717, 1.165) is 39.4 Å². The van der Waals surface area contributed by atoms with Crippen LogP contribution in [0.2, 0.25) is 0 Å². The van der Waals surface area contributed by atoms with Crippen molar-refractivity contribution in [2.45, 2.75) is 6.54 Å². The first kappa shape index (κ1) is 21.8. The van der Waals surface area contributed by atoms with Crippen LogP contribution in [0.1, 0.15) is 5.56 Å². The third kappa shape index (κ3) is 5.46. The Bertz CT molecular complexity index is 1210. The molecule has 3 aromatic carbocycles. The summed E-state index contributed by atoms with van der Waals surface area (Å²) in [5.41, 5.74) is 4.58. The first-order valence-corrected chi connectivity index (χ1v) is 10.5. The van der Waals surface area contributed by atoms with Crippen LogP contribution in [-0.4, -0.2) is 30.1 Å². The van der Waals surface area contributed by atoms with Gasteiger partial charge >= 0.3 is 0 Å². The second kappa shape index (κ2) is 10.3. The molecule has 0 spiro atoms. The molecular formula is C26H25N5O2. The summed E-state index contributed by atoms with van der Waals surface area (Å²) in [4.78, 5) is 9.19. The fourth-order valence-electron chi connectivity index (χ4n) is 3.34. The number of benzene rings is 3. The normalized spacial score (nSPS) is 10.4. The Morgan fingerprint density at radius 2 is 1.42 bits per heavy atom. The highest BCUT2D eigenvalue weighted by atomic mass is 16.5. The van der Waals surface area contributed by atoms with E-state index in [4.69, 9.17) is 19.9 Å². The quantitative estimate of drug-likeness (QED) is 0.278. The standard InChI is InChI=1S/C26H25N5O2/c1-32-21-12-8-19(9-13-21)23-17-29-26(30-24(23)20-10-14-22(33-2)15-11-20)31-25(27)28-16-18-6-4-3-5-7-18/h3-15,17H,16H2,1-2H3,(H3,27,28,29,30,31). The van der Waals surface area contributed by atoms with Gasteiger partial charge in [0.15, 0.2) is 5.96 Å². The Kier molecular flexibility index (Phi) is 6.80. The molecule has 7 nitrogen and oxygen atoms in total. The largest absolute Gasteiger partial charge is 0.497 e.